The molecular formula is C10H15ClN2O2S. The van der Waals surface area contributed by atoms with Gasteiger partial charge in [0.1, 0.15) is 0 Å². The Morgan fingerprint density at radius 1 is 1.31 bits per heavy atom. The van der Waals surface area contributed by atoms with E-state index in [1.165, 1.54) is 18.2 Å². The third-order valence-corrected chi connectivity index (χ3v) is 3.81. The number of sulfonamides is 1. The molecule has 1 aromatic rings. The topological polar surface area (TPSA) is 72.2 Å². The Morgan fingerprint density at radius 2 is 1.88 bits per heavy atom. The second kappa shape index (κ2) is 4.24. The van der Waals surface area contributed by atoms with Crippen LogP contribution in [0, 0.1) is 0 Å². The third kappa shape index (κ3) is 3.37. The zero-order chi connectivity index (χ0) is 12.6. The lowest BCUT2D eigenvalue weighted by molar-refractivity contribution is 0.491. The number of halogens is 1. The molecule has 0 fully saturated rings. The highest BCUT2D eigenvalue weighted by atomic mass is 35.5. The summed E-state index contributed by atoms with van der Waals surface area (Å²) < 4.78 is 26.3. The van der Waals surface area contributed by atoms with Crippen LogP contribution in [0.1, 0.15) is 20.8 Å². The molecule has 6 heteroatoms. The zero-order valence-electron chi connectivity index (χ0n) is 9.41. The minimum Gasteiger partial charge on any atom is -0.398 e. The van der Waals surface area contributed by atoms with Crippen LogP contribution in [0.15, 0.2) is 23.1 Å². The van der Waals surface area contributed by atoms with E-state index in [-0.39, 0.29) is 9.92 Å². The summed E-state index contributed by atoms with van der Waals surface area (Å²) in [5.41, 5.74) is 5.33. The van der Waals surface area contributed by atoms with Gasteiger partial charge in [0.2, 0.25) is 10.0 Å². The molecule has 0 atom stereocenters. The van der Waals surface area contributed by atoms with Crippen molar-refractivity contribution in [2.45, 2.75) is 31.2 Å². The fourth-order valence-corrected chi connectivity index (χ4v) is 2.83. The Labute approximate surface area is 101 Å². The van der Waals surface area contributed by atoms with E-state index in [4.69, 9.17) is 17.3 Å². The molecule has 0 bridgehead atoms. The second-order valence-electron chi connectivity index (χ2n) is 4.54. The monoisotopic (exact) mass is 262 g/mol. The summed E-state index contributed by atoms with van der Waals surface area (Å²) in [5, 5.41) is 0.233. The van der Waals surface area contributed by atoms with Crippen molar-refractivity contribution < 1.29 is 8.42 Å². The molecule has 0 amide bonds. The van der Waals surface area contributed by atoms with Crippen LogP contribution >= 0.6 is 11.6 Å². The van der Waals surface area contributed by atoms with Crippen molar-refractivity contribution in [1.82, 2.24) is 4.72 Å². The quantitative estimate of drug-likeness (QED) is 0.801. The second-order valence-corrected chi connectivity index (χ2v) is 6.63. The highest BCUT2D eigenvalue weighted by Gasteiger charge is 2.22. The van der Waals surface area contributed by atoms with Gasteiger partial charge in [0.25, 0.3) is 0 Å². The molecule has 1 rings (SSSR count). The molecule has 0 spiro atoms. The first-order valence-corrected chi connectivity index (χ1v) is 6.57. The molecule has 3 N–H and O–H groups in total. The highest BCUT2D eigenvalue weighted by Crippen LogP contribution is 2.23. The predicted molar refractivity (Wildman–Crippen MR) is 65.9 cm³/mol. The van der Waals surface area contributed by atoms with Gasteiger partial charge >= 0.3 is 0 Å². The maximum absolute atomic E-state index is 11.9. The Kier molecular flexibility index (Phi) is 3.52. The molecule has 0 aliphatic heterocycles. The fraction of sp³-hybridized carbons (Fsp3) is 0.400. The number of nitrogen functional groups attached to an aromatic ring is 1. The smallest absolute Gasteiger partial charge is 0.241 e. The van der Waals surface area contributed by atoms with Crippen LogP contribution < -0.4 is 10.5 Å². The molecule has 16 heavy (non-hydrogen) atoms. The van der Waals surface area contributed by atoms with Crippen molar-refractivity contribution in [3.63, 3.8) is 0 Å². The van der Waals surface area contributed by atoms with Gasteiger partial charge in [-0.3, -0.25) is 0 Å². The fourth-order valence-electron chi connectivity index (χ4n) is 1.14. The number of hydrogen-bond donors (Lipinski definition) is 2. The summed E-state index contributed by atoms with van der Waals surface area (Å²) in [6, 6.07) is 4.24. The van der Waals surface area contributed by atoms with E-state index in [2.05, 4.69) is 4.72 Å². The SMILES string of the molecule is CC(C)(C)NS(=O)(=O)c1ccc(N)c(Cl)c1. The molecule has 0 saturated carbocycles. The maximum Gasteiger partial charge on any atom is 0.241 e. The van der Waals surface area contributed by atoms with E-state index >= 15 is 0 Å². The van der Waals surface area contributed by atoms with Crippen LogP contribution in [0.4, 0.5) is 5.69 Å². The van der Waals surface area contributed by atoms with E-state index in [0.29, 0.717) is 5.69 Å². The summed E-state index contributed by atoms with van der Waals surface area (Å²) in [4.78, 5) is 0.113. The third-order valence-electron chi connectivity index (χ3n) is 1.72. The van der Waals surface area contributed by atoms with Crippen LogP contribution in [-0.4, -0.2) is 14.0 Å². The van der Waals surface area contributed by atoms with Crippen LogP contribution in [0.3, 0.4) is 0 Å². The van der Waals surface area contributed by atoms with Gasteiger partial charge in [0.05, 0.1) is 15.6 Å². The number of anilines is 1. The summed E-state index contributed by atoms with van der Waals surface area (Å²) in [5.74, 6) is 0. The first-order chi connectivity index (χ1) is 7.12. The first kappa shape index (κ1) is 13.3. The minimum atomic E-state index is -3.55. The van der Waals surface area contributed by atoms with E-state index in [0.717, 1.165) is 0 Å². The lowest BCUT2D eigenvalue weighted by Gasteiger charge is -2.20. The molecule has 0 aliphatic carbocycles. The average molecular weight is 263 g/mol. The molecule has 0 aromatic heterocycles. The van der Waals surface area contributed by atoms with Gasteiger partial charge < -0.3 is 5.73 Å². The van der Waals surface area contributed by atoms with Crippen molar-refractivity contribution in [3.8, 4) is 0 Å². The molecule has 0 heterocycles. The Morgan fingerprint density at radius 3 is 2.31 bits per heavy atom. The summed E-state index contributed by atoms with van der Waals surface area (Å²) in [6.07, 6.45) is 0. The van der Waals surface area contributed by atoms with Crippen molar-refractivity contribution in [2.75, 3.05) is 5.73 Å². The molecule has 0 saturated heterocycles. The number of hydrogen-bond acceptors (Lipinski definition) is 3. The maximum atomic E-state index is 11.9. The molecule has 90 valence electrons. The summed E-state index contributed by atoms with van der Waals surface area (Å²) in [7, 11) is -3.55. The molecule has 0 unspecified atom stereocenters. The molecule has 0 radical (unpaired) electrons. The van der Waals surface area contributed by atoms with Gasteiger partial charge in [-0.1, -0.05) is 11.6 Å². The van der Waals surface area contributed by atoms with Gasteiger partial charge in [0.15, 0.2) is 0 Å². The van der Waals surface area contributed by atoms with Crippen LogP contribution in [0.2, 0.25) is 5.02 Å². The number of nitrogens with one attached hydrogen (secondary N) is 1. The summed E-state index contributed by atoms with van der Waals surface area (Å²) >= 11 is 5.77. The first-order valence-electron chi connectivity index (χ1n) is 4.71. The van der Waals surface area contributed by atoms with E-state index in [9.17, 15) is 8.42 Å². The summed E-state index contributed by atoms with van der Waals surface area (Å²) in [6.45, 7) is 5.30. The van der Waals surface area contributed by atoms with Crippen molar-refractivity contribution >= 4 is 27.3 Å². The van der Waals surface area contributed by atoms with E-state index in [1.54, 1.807) is 20.8 Å². The van der Waals surface area contributed by atoms with Crippen LogP contribution in [0.25, 0.3) is 0 Å². The highest BCUT2D eigenvalue weighted by molar-refractivity contribution is 7.89. The standard InChI is InChI=1S/C10H15ClN2O2S/c1-10(2,3)13-16(14,15)7-4-5-9(12)8(11)6-7/h4-6,13H,12H2,1-3H3. The van der Waals surface area contributed by atoms with Crippen LogP contribution in [-0.2, 0) is 10.0 Å². The Bertz CT molecular complexity index is 492. The van der Waals surface area contributed by atoms with E-state index < -0.39 is 15.6 Å². The number of rotatable bonds is 2. The predicted octanol–water partition coefficient (Wildman–Crippen LogP) is 2.00. The van der Waals surface area contributed by atoms with Crippen molar-refractivity contribution in [3.05, 3.63) is 23.2 Å². The molecular weight excluding hydrogens is 248 g/mol. The lowest BCUT2D eigenvalue weighted by atomic mass is 10.1. The zero-order valence-corrected chi connectivity index (χ0v) is 11.0. The van der Waals surface area contributed by atoms with Crippen molar-refractivity contribution in [1.29, 1.82) is 0 Å². The van der Waals surface area contributed by atoms with Gasteiger partial charge in [-0.25, -0.2) is 13.1 Å². The normalized spacial score (nSPS) is 12.8. The average Bonchev–Trinajstić information content (AvgIpc) is 2.05. The Balaban J connectivity index is 3.13. The largest absolute Gasteiger partial charge is 0.398 e. The molecule has 0 aliphatic rings. The van der Waals surface area contributed by atoms with Gasteiger partial charge in [-0.05, 0) is 39.0 Å². The van der Waals surface area contributed by atoms with Gasteiger partial charge in [0, 0.05) is 5.54 Å². The van der Waals surface area contributed by atoms with E-state index in [1.807, 2.05) is 0 Å². The molecule has 4 nitrogen and oxygen atoms in total. The van der Waals surface area contributed by atoms with Crippen molar-refractivity contribution in [2.24, 2.45) is 0 Å². The minimum absolute atomic E-state index is 0.113. The lowest BCUT2D eigenvalue weighted by Crippen LogP contribution is -2.40. The number of benzene rings is 1. The van der Waals surface area contributed by atoms with Crippen LogP contribution in [0.5, 0.6) is 0 Å². The van der Waals surface area contributed by atoms with Gasteiger partial charge in [-0.2, -0.15) is 0 Å². The van der Waals surface area contributed by atoms with Gasteiger partial charge in [-0.15, -0.1) is 0 Å². The Hall–Kier alpha value is -0.780. The molecule has 1 aromatic carbocycles. The number of nitrogens with two attached hydrogens (primary N) is 1.